The summed E-state index contributed by atoms with van der Waals surface area (Å²) in [6.45, 7) is 8.69. The number of rotatable bonds is 7. The van der Waals surface area contributed by atoms with Gasteiger partial charge in [0.2, 0.25) is 0 Å². The third kappa shape index (κ3) is 4.59. The van der Waals surface area contributed by atoms with Crippen molar-refractivity contribution in [3.05, 3.63) is 0 Å². The molecule has 0 spiro atoms. The van der Waals surface area contributed by atoms with Crippen molar-refractivity contribution in [1.82, 2.24) is 10.2 Å². The molecule has 0 aliphatic heterocycles. The maximum absolute atomic E-state index is 8.78. The predicted octanol–water partition coefficient (Wildman–Crippen LogP) is 1.61. The van der Waals surface area contributed by atoms with Crippen molar-refractivity contribution < 1.29 is 0 Å². The normalized spacial score (nSPS) is 15.1. The van der Waals surface area contributed by atoms with Gasteiger partial charge in [0.25, 0.3) is 0 Å². The van der Waals surface area contributed by atoms with Crippen LogP contribution in [0.3, 0.4) is 0 Å². The molecule has 0 aromatic heterocycles. The SMILES string of the molecule is CCC(C)N(CC)CCC(C#N)NC. The molecule has 3 heteroatoms. The third-order valence-corrected chi connectivity index (χ3v) is 2.83. The molecule has 0 aliphatic carbocycles. The van der Waals surface area contributed by atoms with E-state index in [9.17, 15) is 0 Å². The van der Waals surface area contributed by atoms with Gasteiger partial charge in [0.15, 0.2) is 0 Å². The summed E-state index contributed by atoms with van der Waals surface area (Å²) in [5.41, 5.74) is 0. The van der Waals surface area contributed by atoms with E-state index in [0.717, 1.165) is 19.5 Å². The van der Waals surface area contributed by atoms with Crippen molar-refractivity contribution in [2.45, 2.75) is 45.7 Å². The molecule has 0 saturated heterocycles. The summed E-state index contributed by atoms with van der Waals surface area (Å²) in [6, 6.07) is 2.87. The van der Waals surface area contributed by atoms with E-state index in [1.54, 1.807) is 0 Å². The van der Waals surface area contributed by atoms with E-state index in [-0.39, 0.29) is 6.04 Å². The van der Waals surface area contributed by atoms with Crippen LogP contribution in [0.5, 0.6) is 0 Å². The Hall–Kier alpha value is -0.590. The zero-order chi connectivity index (χ0) is 11.0. The average Bonchev–Trinajstić information content (AvgIpc) is 2.24. The molecule has 0 heterocycles. The standard InChI is InChI=1S/C11H23N3/c1-5-10(3)14(6-2)8-7-11(9-12)13-4/h10-11,13H,5-8H2,1-4H3. The topological polar surface area (TPSA) is 39.1 Å². The lowest BCUT2D eigenvalue weighted by atomic mass is 10.1. The average molecular weight is 197 g/mol. The van der Waals surface area contributed by atoms with E-state index in [0.29, 0.717) is 6.04 Å². The number of nitrogens with one attached hydrogen (secondary N) is 1. The Morgan fingerprint density at radius 2 is 2.07 bits per heavy atom. The summed E-state index contributed by atoms with van der Waals surface area (Å²) in [5, 5.41) is 11.8. The fraction of sp³-hybridized carbons (Fsp3) is 0.909. The number of hydrogen-bond donors (Lipinski definition) is 1. The van der Waals surface area contributed by atoms with Crippen LogP contribution in [-0.4, -0.2) is 37.1 Å². The van der Waals surface area contributed by atoms with Crippen molar-refractivity contribution in [1.29, 1.82) is 5.26 Å². The summed E-state index contributed by atoms with van der Waals surface area (Å²) in [5.74, 6) is 0. The highest BCUT2D eigenvalue weighted by atomic mass is 15.1. The van der Waals surface area contributed by atoms with Gasteiger partial charge in [-0.3, -0.25) is 0 Å². The van der Waals surface area contributed by atoms with Crippen molar-refractivity contribution >= 4 is 0 Å². The first-order valence-corrected chi connectivity index (χ1v) is 5.50. The summed E-state index contributed by atoms with van der Waals surface area (Å²) in [6.07, 6.45) is 2.08. The predicted molar refractivity (Wildman–Crippen MR) is 60.1 cm³/mol. The lowest BCUT2D eigenvalue weighted by Crippen LogP contribution is -2.36. The molecule has 0 amide bonds. The van der Waals surface area contributed by atoms with Gasteiger partial charge in [-0.05, 0) is 33.4 Å². The van der Waals surface area contributed by atoms with Crippen LogP contribution in [0.2, 0.25) is 0 Å². The minimum absolute atomic E-state index is 0.00638. The Morgan fingerprint density at radius 1 is 1.43 bits per heavy atom. The lowest BCUT2D eigenvalue weighted by Gasteiger charge is -2.27. The van der Waals surface area contributed by atoms with Crippen LogP contribution in [0.25, 0.3) is 0 Å². The van der Waals surface area contributed by atoms with E-state index in [1.165, 1.54) is 6.42 Å². The van der Waals surface area contributed by atoms with Crippen molar-refractivity contribution in [2.75, 3.05) is 20.1 Å². The van der Waals surface area contributed by atoms with Crippen LogP contribution in [0.4, 0.5) is 0 Å². The number of nitrogens with zero attached hydrogens (tertiary/aromatic N) is 2. The largest absolute Gasteiger partial charge is 0.305 e. The molecule has 0 fully saturated rings. The van der Waals surface area contributed by atoms with Crippen molar-refractivity contribution in [2.24, 2.45) is 0 Å². The molecular weight excluding hydrogens is 174 g/mol. The van der Waals surface area contributed by atoms with Crippen LogP contribution < -0.4 is 5.32 Å². The Balaban J connectivity index is 3.89. The van der Waals surface area contributed by atoms with Gasteiger partial charge >= 0.3 is 0 Å². The molecule has 14 heavy (non-hydrogen) atoms. The number of hydrogen-bond acceptors (Lipinski definition) is 3. The molecule has 2 atom stereocenters. The highest BCUT2D eigenvalue weighted by Crippen LogP contribution is 2.04. The minimum atomic E-state index is -0.00638. The van der Waals surface area contributed by atoms with E-state index < -0.39 is 0 Å². The Labute approximate surface area is 88.1 Å². The second kappa shape index (κ2) is 7.78. The van der Waals surface area contributed by atoms with Gasteiger partial charge in [-0.1, -0.05) is 13.8 Å². The highest BCUT2D eigenvalue weighted by molar-refractivity contribution is 4.89. The zero-order valence-corrected chi connectivity index (χ0v) is 9.88. The summed E-state index contributed by atoms with van der Waals surface area (Å²) < 4.78 is 0. The van der Waals surface area contributed by atoms with Gasteiger partial charge < -0.3 is 10.2 Å². The first-order valence-electron chi connectivity index (χ1n) is 5.50. The van der Waals surface area contributed by atoms with E-state index in [4.69, 9.17) is 5.26 Å². The maximum Gasteiger partial charge on any atom is 0.0962 e. The maximum atomic E-state index is 8.78. The second-order valence-electron chi connectivity index (χ2n) is 3.64. The van der Waals surface area contributed by atoms with Gasteiger partial charge in [-0.15, -0.1) is 0 Å². The van der Waals surface area contributed by atoms with E-state index >= 15 is 0 Å². The Bertz CT molecular complexity index is 174. The monoisotopic (exact) mass is 197 g/mol. The molecular formula is C11H23N3. The lowest BCUT2D eigenvalue weighted by molar-refractivity contribution is 0.208. The summed E-state index contributed by atoms with van der Waals surface area (Å²) >= 11 is 0. The quantitative estimate of drug-likeness (QED) is 0.674. The van der Waals surface area contributed by atoms with Gasteiger partial charge in [0.1, 0.15) is 0 Å². The van der Waals surface area contributed by atoms with E-state index in [2.05, 4.69) is 37.1 Å². The molecule has 0 radical (unpaired) electrons. The van der Waals surface area contributed by atoms with Crippen LogP contribution in [0, 0.1) is 11.3 Å². The fourth-order valence-corrected chi connectivity index (χ4v) is 1.52. The fourth-order valence-electron chi connectivity index (χ4n) is 1.52. The van der Waals surface area contributed by atoms with Crippen LogP contribution in [0.1, 0.15) is 33.6 Å². The van der Waals surface area contributed by atoms with Gasteiger partial charge in [-0.2, -0.15) is 5.26 Å². The molecule has 0 aromatic rings. The van der Waals surface area contributed by atoms with Gasteiger partial charge in [0.05, 0.1) is 12.1 Å². The molecule has 0 aliphatic rings. The Kier molecular flexibility index (Phi) is 7.45. The molecule has 82 valence electrons. The minimum Gasteiger partial charge on any atom is -0.305 e. The first-order chi connectivity index (χ1) is 6.69. The second-order valence-corrected chi connectivity index (χ2v) is 3.64. The molecule has 0 rings (SSSR count). The van der Waals surface area contributed by atoms with Crippen molar-refractivity contribution in [3.8, 4) is 6.07 Å². The van der Waals surface area contributed by atoms with Gasteiger partial charge in [-0.25, -0.2) is 0 Å². The summed E-state index contributed by atoms with van der Waals surface area (Å²) in [4.78, 5) is 2.42. The molecule has 2 unspecified atom stereocenters. The first kappa shape index (κ1) is 13.4. The Morgan fingerprint density at radius 3 is 2.43 bits per heavy atom. The molecule has 0 bridgehead atoms. The van der Waals surface area contributed by atoms with E-state index in [1.807, 2.05) is 7.05 Å². The van der Waals surface area contributed by atoms with Crippen LogP contribution >= 0.6 is 0 Å². The van der Waals surface area contributed by atoms with Crippen molar-refractivity contribution in [3.63, 3.8) is 0 Å². The molecule has 1 N–H and O–H groups in total. The van der Waals surface area contributed by atoms with Crippen LogP contribution in [-0.2, 0) is 0 Å². The van der Waals surface area contributed by atoms with Gasteiger partial charge in [0, 0.05) is 12.6 Å². The molecule has 0 aromatic carbocycles. The summed E-state index contributed by atoms with van der Waals surface area (Å²) in [7, 11) is 1.84. The smallest absolute Gasteiger partial charge is 0.0962 e. The number of nitriles is 1. The third-order valence-electron chi connectivity index (χ3n) is 2.83. The molecule has 3 nitrogen and oxygen atoms in total. The molecule has 0 saturated carbocycles. The zero-order valence-electron chi connectivity index (χ0n) is 9.88. The van der Waals surface area contributed by atoms with Crippen LogP contribution in [0.15, 0.2) is 0 Å². The highest BCUT2D eigenvalue weighted by Gasteiger charge is 2.12.